The molecule has 0 N–H and O–H groups in total. The van der Waals surface area contributed by atoms with Crippen molar-refractivity contribution in [3.63, 3.8) is 0 Å². The molecule has 1 aliphatic rings. The van der Waals surface area contributed by atoms with Crippen molar-refractivity contribution in [1.82, 2.24) is 0 Å². The molecule has 0 spiro atoms. The number of nitrogens with zero attached hydrogens (tertiary/aromatic N) is 1. The second-order valence-electron chi connectivity index (χ2n) is 6.44. The Hall–Kier alpha value is -1.81. The van der Waals surface area contributed by atoms with Crippen LogP contribution in [0.1, 0.15) is 28.4 Å². The van der Waals surface area contributed by atoms with Crippen molar-refractivity contribution in [2.75, 3.05) is 0 Å². The van der Waals surface area contributed by atoms with Crippen LogP contribution in [-0.2, 0) is 0 Å². The van der Waals surface area contributed by atoms with Gasteiger partial charge < -0.3 is 0 Å². The van der Waals surface area contributed by atoms with E-state index in [0.717, 1.165) is 32.4 Å². The topological polar surface area (TPSA) is 12.4 Å². The van der Waals surface area contributed by atoms with Crippen molar-refractivity contribution in [3.8, 4) is 0 Å². The van der Waals surface area contributed by atoms with Gasteiger partial charge in [-0.05, 0) is 54.4 Å². The number of para-hydroxylation sites is 1. The molecule has 3 aromatic carbocycles. The molecule has 4 rings (SSSR count). The number of benzene rings is 3. The molecule has 0 amide bonds. The van der Waals surface area contributed by atoms with Crippen LogP contribution in [0.15, 0.2) is 70.6 Å². The third-order valence-electron chi connectivity index (χ3n) is 4.58. The molecule has 1 nitrogen and oxygen atoms in total. The van der Waals surface area contributed by atoms with Gasteiger partial charge in [-0.15, -0.1) is 11.8 Å². The number of aliphatic imine (C=N–C) groups is 1. The summed E-state index contributed by atoms with van der Waals surface area (Å²) < 4.78 is 14.6. The highest BCUT2D eigenvalue weighted by atomic mass is 35.5. The van der Waals surface area contributed by atoms with Crippen molar-refractivity contribution >= 4 is 46.4 Å². The Morgan fingerprint density at radius 2 is 1.81 bits per heavy atom. The molecule has 3 aromatic rings. The maximum absolute atomic E-state index is 14.6. The van der Waals surface area contributed by atoms with Crippen LogP contribution in [0.3, 0.4) is 0 Å². The molecule has 0 saturated carbocycles. The quantitative estimate of drug-likeness (QED) is 0.415. The van der Waals surface area contributed by atoms with E-state index in [4.69, 9.17) is 28.2 Å². The van der Waals surface area contributed by atoms with Gasteiger partial charge in [-0.25, -0.2) is 4.39 Å². The Morgan fingerprint density at radius 3 is 2.59 bits per heavy atom. The van der Waals surface area contributed by atoms with Gasteiger partial charge in [-0.1, -0.05) is 47.5 Å². The second-order valence-corrected chi connectivity index (χ2v) is 8.50. The predicted octanol–water partition coefficient (Wildman–Crippen LogP) is 7.80. The fourth-order valence-electron chi connectivity index (χ4n) is 3.20. The summed E-state index contributed by atoms with van der Waals surface area (Å²) in [5.41, 5.74) is 4.30. The maximum atomic E-state index is 14.6. The number of hydrogen-bond acceptors (Lipinski definition) is 2. The Morgan fingerprint density at radius 1 is 1.00 bits per heavy atom. The number of hydrogen-bond donors (Lipinski definition) is 0. The molecule has 0 bridgehead atoms. The van der Waals surface area contributed by atoms with E-state index >= 15 is 0 Å². The fraction of sp³-hybridized carbons (Fsp3) is 0.136. The van der Waals surface area contributed by atoms with Gasteiger partial charge in [0.25, 0.3) is 0 Å². The van der Waals surface area contributed by atoms with Gasteiger partial charge in [0.2, 0.25) is 0 Å². The number of rotatable bonds is 2. The Bertz CT molecular complexity index is 1030. The van der Waals surface area contributed by atoms with E-state index < -0.39 is 0 Å². The van der Waals surface area contributed by atoms with Crippen LogP contribution in [0.4, 0.5) is 10.1 Å². The normalized spacial score (nSPS) is 16.4. The van der Waals surface area contributed by atoms with Crippen LogP contribution in [-0.4, -0.2) is 5.71 Å². The number of thioether (sulfide) groups is 1. The van der Waals surface area contributed by atoms with Gasteiger partial charge >= 0.3 is 0 Å². The first kappa shape index (κ1) is 18.5. The highest BCUT2D eigenvalue weighted by Crippen LogP contribution is 2.47. The molecule has 0 aliphatic carbocycles. The zero-order valence-corrected chi connectivity index (χ0v) is 16.9. The molecule has 0 aromatic heterocycles. The molecule has 1 heterocycles. The summed E-state index contributed by atoms with van der Waals surface area (Å²) in [5, 5.41) is 0.993. The highest BCUT2D eigenvalue weighted by Gasteiger charge is 2.26. The lowest BCUT2D eigenvalue weighted by Gasteiger charge is -2.18. The lowest BCUT2D eigenvalue weighted by atomic mass is 9.99. The fourth-order valence-corrected chi connectivity index (χ4v) is 4.97. The summed E-state index contributed by atoms with van der Waals surface area (Å²) in [6.07, 6.45) is 0.571. The Balaban J connectivity index is 1.85. The summed E-state index contributed by atoms with van der Waals surface area (Å²) in [6.45, 7) is 1.97. The van der Waals surface area contributed by atoms with Crippen molar-refractivity contribution in [2.45, 2.75) is 23.5 Å². The second kappa shape index (κ2) is 7.67. The monoisotopic (exact) mass is 415 g/mol. The zero-order valence-electron chi connectivity index (χ0n) is 14.5. The molecule has 1 unspecified atom stereocenters. The van der Waals surface area contributed by atoms with Crippen molar-refractivity contribution in [2.24, 2.45) is 4.99 Å². The van der Waals surface area contributed by atoms with Crippen molar-refractivity contribution < 1.29 is 4.39 Å². The molecule has 1 aliphatic heterocycles. The van der Waals surface area contributed by atoms with E-state index in [2.05, 4.69) is 0 Å². The first-order chi connectivity index (χ1) is 13.0. The van der Waals surface area contributed by atoms with Gasteiger partial charge in [-0.3, -0.25) is 4.99 Å². The molecule has 0 fully saturated rings. The van der Waals surface area contributed by atoms with E-state index in [1.165, 1.54) is 6.07 Å². The third kappa shape index (κ3) is 3.77. The number of fused-ring (bicyclic) bond motifs is 1. The van der Waals surface area contributed by atoms with Crippen LogP contribution in [0.5, 0.6) is 0 Å². The molecule has 1 atom stereocenters. The Kier molecular flexibility index (Phi) is 5.27. The average Bonchev–Trinajstić information content (AvgIpc) is 2.83. The summed E-state index contributed by atoms with van der Waals surface area (Å²) in [5.74, 6) is -0.286. The van der Waals surface area contributed by atoms with Crippen LogP contribution in [0.2, 0.25) is 10.0 Å². The van der Waals surface area contributed by atoms with Gasteiger partial charge in [0, 0.05) is 37.9 Å². The average molecular weight is 416 g/mol. The molecule has 136 valence electrons. The summed E-state index contributed by atoms with van der Waals surface area (Å²) >= 11 is 14.2. The lowest BCUT2D eigenvalue weighted by molar-refractivity contribution is 0.609. The summed E-state index contributed by atoms with van der Waals surface area (Å²) in [6, 6.07) is 18.6. The molecule has 0 radical (unpaired) electrons. The molecule has 0 saturated heterocycles. The smallest absolute Gasteiger partial charge is 0.129 e. The van der Waals surface area contributed by atoms with E-state index in [1.807, 2.05) is 49.4 Å². The highest BCUT2D eigenvalue weighted by molar-refractivity contribution is 7.99. The summed E-state index contributed by atoms with van der Waals surface area (Å²) in [4.78, 5) is 5.92. The minimum Gasteiger partial charge on any atom is -0.252 e. The van der Waals surface area contributed by atoms with Gasteiger partial charge in [0.1, 0.15) is 5.82 Å². The lowest BCUT2D eigenvalue weighted by Crippen LogP contribution is -2.07. The standard InChI is InChI=1S/C22H16Cl2FNS/c1-13-11-14(9-10-15(13)23)19-12-21(22-16(24)5-4-6-17(22)25)27-20-8-3-2-7-18(20)26-19/h2-11,21H,12H2,1H3. The van der Waals surface area contributed by atoms with E-state index in [1.54, 1.807) is 23.9 Å². The van der Waals surface area contributed by atoms with Gasteiger partial charge in [-0.2, -0.15) is 0 Å². The number of halogens is 3. The van der Waals surface area contributed by atoms with E-state index in [0.29, 0.717) is 17.0 Å². The van der Waals surface area contributed by atoms with Crippen molar-refractivity contribution in [1.29, 1.82) is 0 Å². The van der Waals surface area contributed by atoms with Crippen LogP contribution in [0.25, 0.3) is 0 Å². The minimum absolute atomic E-state index is 0.169. The van der Waals surface area contributed by atoms with Crippen LogP contribution >= 0.6 is 35.0 Å². The minimum atomic E-state index is -0.286. The third-order valence-corrected chi connectivity index (χ3v) is 6.62. The molecular formula is C22H16Cl2FNS. The SMILES string of the molecule is Cc1cc(C2=Nc3ccccc3SC(c3c(F)cccc3Cl)C2)ccc1Cl. The molecule has 27 heavy (non-hydrogen) atoms. The number of aryl methyl sites for hydroxylation is 1. The van der Waals surface area contributed by atoms with Gasteiger partial charge in [0.15, 0.2) is 0 Å². The summed E-state index contributed by atoms with van der Waals surface area (Å²) in [7, 11) is 0. The maximum Gasteiger partial charge on any atom is 0.129 e. The van der Waals surface area contributed by atoms with Gasteiger partial charge in [0.05, 0.1) is 5.69 Å². The Labute approximate surface area is 172 Å². The largest absolute Gasteiger partial charge is 0.252 e. The van der Waals surface area contributed by atoms with Crippen LogP contribution in [0, 0.1) is 12.7 Å². The molecule has 5 heteroatoms. The van der Waals surface area contributed by atoms with Crippen LogP contribution < -0.4 is 0 Å². The van der Waals surface area contributed by atoms with E-state index in [-0.39, 0.29) is 11.1 Å². The first-order valence-electron chi connectivity index (χ1n) is 8.56. The first-order valence-corrected chi connectivity index (χ1v) is 10.2. The molecular weight excluding hydrogens is 400 g/mol. The van der Waals surface area contributed by atoms with E-state index in [9.17, 15) is 4.39 Å². The van der Waals surface area contributed by atoms with Crippen molar-refractivity contribution in [3.05, 3.63) is 93.2 Å². The zero-order chi connectivity index (χ0) is 19.0. The predicted molar refractivity (Wildman–Crippen MR) is 113 cm³/mol.